The highest BCUT2D eigenvalue weighted by atomic mass is 15.0. The van der Waals surface area contributed by atoms with E-state index in [4.69, 9.17) is 9.97 Å². The molecule has 0 saturated heterocycles. The van der Waals surface area contributed by atoms with Crippen LogP contribution in [0.3, 0.4) is 0 Å². The van der Waals surface area contributed by atoms with Crippen LogP contribution in [0.1, 0.15) is 0 Å². The van der Waals surface area contributed by atoms with Crippen molar-refractivity contribution in [1.82, 2.24) is 19.5 Å². The van der Waals surface area contributed by atoms with Crippen LogP contribution < -0.4 is 0 Å². The van der Waals surface area contributed by atoms with E-state index in [0.29, 0.717) is 5.82 Å². The summed E-state index contributed by atoms with van der Waals surface area (Å²) in [6.45, 7) is 0. The average molecular weight is 627 g/mol. The van der Waals surface area contributed by atoms with Gasteiger partial charge in [0.05, 0.1) is 28.6 Å². The third kappa shape index (κ3) is 5.16. The first kappa shape index (κ1) is 28.6. The van der Waals surface area contributed by atoms with Crippen LogP contribution in [0.5, 0.6) is 0 Å². The molecule has 0 amide bonds. The van der Waals surface area contributed by atoms with E-state index in [-0.39, 0.29) is 0 Å². The Balaban J connectivity index is 1.12. The fourth-order valence-electron chi connectivity index (χ4n) is 6.79. The van der Waals surface area contributed by atoms with Gasteiger partial charge in [0.15, 0.2) is 5.82 Å². The largest absolute Gasteiger partial charge is 0.308 e. The van der Waals surface area contributed by atoms with Crippen molar-refractivity contribution in [3.63, 3.8) is 0 Å². The Morgan fingerprint density at radius 3 is 1.47 bits per heavy atom. The summed E-state index contributed by atoms with van der Waals surface area (Å²) in [6.07, 6.45) is 3.81. The smallest absolute Gasteiger partial charge is 0.160 e. The molecule has 230 valence electrons. The third-order valence-electron chi connectivity index (χ3n) is 9.14. The molecule has 4 nitrogen and oxygen atoms in total. The predicted molar refractivity (Wildman–Crippen MR) is 201 cm³/mol. The van der Waals surface area contributed by atoms with Crippen molar-refractivity contribution in [2.45, 2.75) is 0 Å². The standard InChI is InChI=1S/C45H30N4/c1-4-12-33(13-5-1)42-43(34-14-6-2-7-15-34)47-45(48-44(42)35-16-8-3-9-17-35)36-22-20-31(21-23-36)32-24-26-37(27-25-32)49-40-19-11-10-18-38(40)39-28-29-46-30-41(39)49/h1-30H. The molecule has 0 aliphatic carbocycles. The van der Waals surface area contributed by atoms with E-state index in [0.717, 1.165) is 61.5 Å². The van der Waals surface area contributed by atoms with Crippen molar-refractivity contribution >= 4 is 21.8 Å². The molecule has 3 heterocycles. The number of rotatable bonds is 6. The third-order valence-corrected chi connectivity index (χ3v) is 9.14. The normalized spacial score (nSPS) is 11.3. The Morgan fingerprint density at radius 2 is 0.857 bits per heavy atom. The van der Waals surface area contributed by atoms with Gasteiger partial charge in [0, 0.05) is 44.9 Å². The van der Waals surface area contributed by atoms with E-state index in [2.05, 4.69) is 161 Å². The van der Waals surface area contributed by atoms with Gasteiger partial charge in [-0.2, -0.15) is 0 Å². The molecule has 0 radical (unpaired) electrons. The van der Waals surface area contributed by atoms with Crippen LogP contribution >= 0.6 is 0 Å². The van der Waals surface area contributed by atoms with E-state index < -0.39 is 0 Å². The lowest BCUT2D eigenvalue weighted by Crippen LogP contribution is -2.00. The molecule has 0 saturated carbocycles. The molecule has 0 bridgehead atoms. The number of benzene rings is 6. The lowest BCUT2D eigenvalue weighted by atomic mass is 9.94. The fourth-order valence-corrected chi connectivity index (χ4v) is 6.79. The lowest BCUT2D eigenvalue weighted by molar-refractivity contribution is 1.17. The highest BCUT2D eigenvalue weighted by Crippen LogP contribution is 2.40. The van der Waals surface area contributed by atoms with Gasteiger partial charge >= 0.3 is 0 Å². The first-order valence-electron chi connectivity index (χ1n) is 16.4. The average Bonchev–Trinajstić information content (AvgIpc) is 3.53. The van der Waals surface area contributed by atoms with E-state index >= 15 is 0 Å². The molecular formula is C45H30N4. The molecule has 49 heavy (non-hydrogen) atoms. The molecule has 0 spiro atoms. The molecule has 4 heteroatoms. The van der Waals surface area contributed by atoms with Gasteiger partial charge in [0.1, 0.15) is 0 Å². The van der Waals surface area contributed by atoms with Gasteiger partial charge in [-0.3, -0.25) is 4.98 Å². The minimum atomic E-state index is 0.694. The topological polar surface area (TPSA) is 43.6 Å². The zero-order valence-electron chi connectivity index (χ0n) is 26.6. The van der Waals surface area contributed by atoms with Crippen LogP contribution in [0.4, 0.5) is 0 Å². The van der Waals surface area contributed by atoms with Crippen molar-refractivity contribution in [2.75, 3.05) is 0 Å². The molecule has 0 fully saturated rings. The fraction of sp³-hybridized carbons (Fsp3) is 0. The molecule has 0 aliphatic rings. The Hall–Kier alpha value is -6.65. The molecule has 0 N–H and O–H groups in total. The molecule has 0 atom stereocenters. The van der Waals surface area contributed by atoms with Crippen LogP contribution in [0, 0.1) is 0 Å². The Kier molecular flexibility index (Phi) is 7.10. The molecule has 9 aromatic rings. The van der Waals surface area contributed by atoms with Crippen LogP contribution in [-0.2, 0) is 0 Å². The van der Waals surface area contributed by atoms with Crippen LogP contribution in [0.2, 0.25) is 0 Å². The van der Waals surface area contributed by atoms with Crippen molar-refractivity contribution < 1.29 is 0 Å². The van der Waals surface area contributed by atoms with Gasteiger partial charge in [-0.1, -0.05) is 146 Å². The number of aromatic nitrogens is 4. The van der Waals surface area contributed by atoms with E-state index in [1.807, 2.05) is 30.6 Å². The second kappa shape index (κ2) is 12.2. The highest BCUT2D eigenvalue weighted by molar-refractivity contribution is 6.08. The Labute approximate surface area is 284 Å². The van der Waals surface area contributed by atoms with Crippen molar-refractivity contribution in [3.8, 4) is 61.8 Å². The minimum Gasteiger partial charge on any atom is -0.308 e. The summed E-state index contributed by atoms with van der Waals surface area (Å²) in [5.74, 6) is 0.694. The van der Waals surface area contributed by atoms with Crippen molar-refractivity contribution in [2.24, 2.45) is 0 Å². The summed E-state index contributed by atoms with van der Waals surface area (Å²) >= 11 is 0. The molecular weight excluding hydrogens is 597 g/mol. The molecule has 0 unspecified atom stereocenters. The zero-order valence-corrected chi connectivity index (χ0v) is 26.6. The van der Waals surface area contributed by atoms with Gasteiger partial charge in [-0.15, -0.1) is 0 Å². The second-order valence-corrected chi connectivity index (χ2v) is 12.1. The van der Waals surface area contributed by atoms with Gasteiger partial charge < -0.3 is 4.57 Å². The van der Waals surface area contributed by atoms with Crippen molar-refractivity contribution in [1.29, 1.82) is 0 Å². The van der Waals surface area contributed by atoms with Gasteiger partial charge in [-0.25, -0.2) is 9.97 Å². The maximum atomic E-state index is 5.25. The Bertz CT molecular complexity index is 2440. The van der Waals surface area contributed by atoms with E-state index in [9.17, 15) is 0 Å². The van der Waals surface area contributed by atoms with Crippen molar-refractivity contribution in [3.05, 3.63) is 182 Å². The summed E-state index contributed by atoms with van der Waals surface area (Å²) in [4.78, 5) is 14.9. The maximum absolute atomic E-state index is 5.25. The number of fused-ring (bicyclic) bond motifs is 3. The summed E-state index contributed by atoms with van der Waals surface area (Å²) in [5.41, 5.74) is 12.7. The minimum absolute atomic E-state index is 0.694. The zero-order chi connectivity index (χ0) is 32.6. The number of para-hydroxylation sites is 1. The number of hydrogen-bond donors (Lipinski definition) is 0. The molecule has 3 aromatic heterocycles. The number of pyridine rings is 1. The van der Waals surface area contributed by atoms with Gasteiger partial charge in [-0.05, 0) is 41.0 Å². The second-order valence-electron chi connectivity index (χ2n) is 12.1. The van der Waals surface area contributed by atoms with Gasteiger partial charge in [0.2, 0.25) is 0 Å². The summed E-state index contributed by atoms with van der Waals surface area (Å²) < 4.78 is 2.29. The first-order chi connectivity index (χ1) is 24.3. The van der Waals surface area contributed by atoms with Crippen LogP contribution in [-0.4, -0.2) is 19.5 Å². The van der Waals surface area contributed by atoms with Gasteiger partial charge in [0.25, 0.3) is 0 Å². The summed E-state index contributed by atoms with van der Waals surface area (Å²) in [6, 6.07) is 59.2. The lowest BCUT2D eigenvalue weighted by Gasteiger charge is -2.17. The SMILES string of the molecule is c1ccc(-c2nc(-c3ccc(-c4ccc(-n5c6ccccc6c6ccncc65)cc4)cc3)nc(-c3ccccc3)c2-c2ccccc2)cc1. The highest BCUT2D eigenvalue weighted by Gasteiger charge is 2.20. The van der Waals surface area contributed by atoms with Crippen LogP contribution in [0.25, 0.3) is 83.6 Å². The Morgan fingerprint density at radius 1 is 0.367 bits per heavy atom. The first-order valence-corrected chi connectivity index (χ1v) is 16.4. The predicted octanol–water partition coefficient (Wildman–Crippen LogP) is 11.3. The molecule has 9 rings (SSSR count). The summed E-state index contributed by atoms with van der Waals surface area (Å²) in [7, 11) is 0. The van der Waals surface area contributed by atoms with E-state index in [1.54, 1.807) is 0 Å². The quantitative estimate of drug-likeness (QED) is 0.184. The molecule has 6 aromatic carbocycles. The van der Waals surface area contributed by atoms with Crippen LogP contribution in [0.15, 0.2) is 182 Å². The number of hydrogen-bond acceptors (Lipinski definition) is 3. The molecule has 0 aliphatic heterocycles. The monoisotopic (exact) mass is 626 g/mol. The number of nitrogens with zero attached hydrogens (tertiary/aromatic N) is 4. The maximum Gasteiger partial charge on any atom is 0.160 e. The van der Waals surface area contributed by atoms with E-state index in [1.165, 1.54) is 16.3 Å². The summed E-state index contributed by atoms with van der Waals surface area (Å²) in [5, 5.41) is 2.43.